The highest BCUT2D eigenvalue weighted by molar-refractivity contribution is 5.94. The van der Waals surface area contributed by atoms with Crippen molar-refractivity contribution in [3.63, 3.8) is 0 Å². The lowest BCUT2D eigenvalue weighted by molar-refractivity contribution is -0.384. The van der Waals surface area contributed by atoms with Gasteiger partial charge in [0.2, 0.25) is 5.91 Å². The first-order chi connectivity index (χ1) is 16.5. The number of nitro benzene ring substituents is 1. The summed E-state index contributed by atoms with van der Waals surface area (Å²) in [6.07, 6.45) is 4.79. The molecular weight excluding hydrogens is 440 g/mol. The number of esters is 1. The number of carbonyl (C=O) groups is 2. The Balaban J connectivity index is 1.56. The summed E-state index contributed by atoms with van der Waals surface area (Å²) in [6.45, 7) is 3.44. The van der Waals surface area contributed by atoms with Crippen LogP contribution in [0.25, 0.3) is 17.2 Å². The lowest BCUT2D eigenvalue weighted by atomic mass is 9.94. The summed E-state index contributed by atoms with van der Waals surface area (Å²) in [5.74, 6) is -0.00837. The SMILES string of the molecule is CCOC(=O)C1CCN(C(=O)/C=C/c2cccc([N+](=O)[O-])c2-c2ccc3c(c2)CCOO3)CC1. The summed E-state index contributed by atoms with van der Waals surface area (Å²) in [4.78, 5) is 47.9. The van der Waals surface area contributed by atoms with Crippen molar-refractivity contribution in [1.82, 2.24) is 4.90 Å². The fourth-order valence-corrected chi connectivity index (χ4v) is 4.29. The summed E-state index contributed by atoms with van der Waals surface area (Å²) in [5.41, 5.74) is 2.53. The van der Waals surface area contributed by atoms with Gasteiger partial charge in [0.15, 0.2) is 5.75 Å². The third kappa shape index (κ3) is 5.09. The quantitative estimate of drug-likeness (QED) is 0.209. The van der Waals surface area contributed by atoms with Gasteiger partial charge in [-0.3, -0.25) is 19.7 Å². The second-order valence-corrected chi connectivity index (χ2v) is 8.16. The summed E-state index contributed by atoms with van der Waals surface area (Å²) in [6, 6.07) is 10.1. The van der Waals surface area contributed by atoms with Gasteiger partial charge in [0.25, 0.3) is 5.69 Å². The van der Waals surface area contributed by atoms with Crippen LogP contribution in [-0.2, 0) is 25.6 Å². The first-order valence-corrected chi connectivity index (χ1v) is 11.3. The zero-order chi connectivity index (χ0) is 24.1. The number of rotatable bonds is 6. The third-order valence-corrected chi connectivity index (χ3v) is 6.06. The molecule has 0 bridgehead atoms. The van der Waals surface area contributed by atoms with Gasteiger partial charge in [0.1, 0.15) is 0 Å². The van der Waals surface area contributed by atoms with E-state index >= 15 is 0 Å². The van der Waals surface area contributed by atoms with E-state index < -0.39 is 4.92 Å². The molecule has 0 saturated carbocycles. The zero-order valence-corrected chi connectivity index (χ0v) is 18.9. The molecule has 2 aliphatic heterocycles. The molecular formula is C25H26N2O7. The van der Waals surface area contributed by atoms with Gasteiger partial charge in [0.05, 0.1) is 29.6 Å². The van der Waals surface area contributed by atoms with E-state index in [1.807, 2.05) is 6.07 Å². The van der Waals surface area contributed by atoms with E-state index in [9.17, 15) is 19.7 Å². The number of likely N-dealkylation sites (tertiary alicyclic amines) is 1. The first-order valence-electron chi connectivity index (χ1n) is 11.3. The van der Waals surface area contributed by atoms with Gasteiger partial charge in [0, 0.05) is 37.2 Å². The Bertz CT molecular complexity index is 1120. The fourth-order valence-electron chi connectivity index (χ4n) is 4.29. The molecule has 2 aromatic rings. The minimum absolute atomic E-state index is 0.0437. The largest absolute Gasteiger partial charge is 0.466 e. The predicted octanol–water partition coefficient (Wildman–Crippen LogP) is 3.94. The van der Waals surface area contributed by atoms with E-state index in [1.54, 1.807) is 42.2 Å². The Morgan fingerprint density at radius 3 is 2.76 bits per heavy atom. The molecule has 9 heteroatoms. The summed E-state index contributed by atoms with van der Waals surface area (Å²) in [5, 5.41) is 11.8. The van der Waals surface area contributed by atoms with Gasteiger partial charge in [-0.1, -0.05) is 18.2 Å². The Morgan fingerprint density at radius 2 is 2.03 bits per heavy atom. The maximum atomic E-state index is 12.8. The molecule has 0 radical (unpaired) electrons. The van der Waals surface area contributed by atoms with Crippen molar-refractivity contribution >= 4 is 23.6 Å². The molecule has 2 aliphatic rings. The molecule has 0 aliphatic carbocycles. The van der Waals surface area contributed by atoms with E-state index in [2.05, 4.69) is 0 Å². The van der Waals surface area contributed by atoms with E-state index in [-0.39, 0.29) is 23.5 Å². The second kappa shape index (κ2) is 10.5. The van der Waals surface area contributed by atoms with Crippen LogP contribution in [0, 0.1) is 16.0 Å². The number of carbonyl (C=O) groups excluding carboxylic acids is 2. The van der Waals surface area contributed by atoms with Crippen LogP contribution in [0.2, 0.25) is 0 Å². The molecule has 4 rings (SSSR count). The maximum Gasteiger partial charge on any atom is 0.309 e. The first kappa shape index (κ1) is 23.4. The van der Waals surface area contributed by atoms with Crippen LogP contribution in [-0.4, -0.2) is 48.0 Å². The zero-order valence-electron chi connectivity index (χ0n) is 18.9. The third-order valence-electron chi connectivity index (χ3n) is 6.06. The highest BCUT2D eigenvalue weighted by Crippen LogP contribution is 2.37. The van der Waals surface area contributed by atoms with E-state index in [0.717, 1.165) is 5.56 Å². The molecule has 1 amide bonds. The number of benzene rings is 2. The number of amides is 1. The van der Waals surface area contributed by atoms with Gasteiger partial charge in [-0.15, -0.1) is 0 Å². The van der Waals surface area contributed by atoms with Crippen molar-refractivity contribution in [3.05, 3.63) is 63.7 Å². The number of fused-ring (bicyclic) bond motifs is 1. The van der Waals surface area contributed by atoms with Gasteiger partial charge in [-0.2, -0.15) is 4.89 Å². The van der Waals surface area contributed by atoms with Gasteiger partial charge in [-0.25, -0.2) is 0 Å². The molecule has 0 spiro atoms. The number of hydrogen-bond donors (Lipinski definition) is 0. The van der Waals surface area contributed by atoms with E-state index in [0.29, 0.717) is 68.0 Å². The van der Waals surface area contributed by atoms with Crippen LogP contribution >= 0.6 is 0 Å². The standard InChI is InChI=1S/C25H26N2O7/c1-2-32-25(29)18-10-13-26(14-11-18)23(28)9-7-17-4-3-5-21(27(30)31)24(17)20-6-8-22-19(16-20)12-15-33-34-22/h3-9,16,18H,2,10-15H2,1H3/b9-7+. The van der Waals surface area contributed by atoms with Crippen LogP contribution in [0.1, 0.15) is 30.9 Å². The molecule has 1 saturated heterocycles. The molecule has 178 valence electrons. The van der Waals surface area contributed by atoms with Crippen LogP contribution < -0.4 is 4.89 Å². The predicted molar refractivity (Wildman–Crippen MR) is 124 cm³/mol. The molecule has 34 heavy (non-hydrogen) atoms. The molecule has 0 atom stereocenters. The lowest BCUT2D eigenvalue weighted by Gasteiger charge is -2.30. The van der Waals surface area contributed by atoms with Crippen LogP contribution in [0.5, 0.6) is 5.75 Å². The summed E-state index contributed by atoms with van der Waals surface area (Å²) < 4.78 is 5.08. The molecule has 0 unspecified atom stereocenters. The van der Waals surface area contributed by atoms with Gasteiger partial charge >= 0.3 is 5.97 Å². The number of hydrogen-bond acceptors (Lipinski definition) is 7. The average molecular weight is 466 g/mol. The molecule has 2 aromatic carbocycles. The smallest absolute Gasteiger partial charge is 0.309 e. The molecule has 2 heterocycles. The summed E-state index contributed by atoms with van der Waals surface area (Å²) in [7, 11) is 0. The summed E-state index contributed by atoms with van der Waals surface area (Å²) >= 11 is 0. The minimum atomic E-state index is -0.423. The monoisotopic (exact) mass is 466 g/mol. The lowest BCUT2D eigenvalue weighted by Crippen LogP contribution is -2.39. The average Bonchev–Trinajstić information content (AvgIpc) is 2.87. The van der Waals surface area contributed by atoms with Crippen LogP contribution in [0.4, 0.5) is 5.69 Å². The molecule has 0 N–H and O–H groups in total. The molecule has 0 aromatic heterocycles. The van der Waals surface area contributed by atoms with Crippen molar-refractivity contribution in [1.29, 1.82) is 0 Å². The van der Waals surface area contributed by atoms with Crippen molar-refractivity contribution in [3.8, 4) is 16.9 Å². The van der Waals surface area contributed by atoms with Crippen molar-refractivity contribution < 1.29 is 29.0 Å². The van der Waals surface area contributed by atoms with Crippen molar-refractivity contribution in [2.75, 3.05) is 26.3 Å². The highest BCUT2D eigenvalue weighted by Gasteiger charge is 2.27. The molecule has 1 fully saturated rings. The fraction of sp³-hybridized carbons (Fsp3) is 0.360. The van der Waals surface area contributed by atoms with Gasteiger partial charge in [-0.05, 0) is 49.1 Å². The van der Waals surface area contributed by atoms with E-state index in [1.165, 1.54) is 12.1 Å². The van der Waals surface area contributed by atoms with Crippen molar-refractivity contribution in [2.24, 2.45) is 5.92 Å². The Kier molecular flexibility index (Phi) is 7.22. The topological polar surface area (TPSA) is 108 Å². The highest BCUT2D eigenvalue weighted by atomic mass is 17.2. The Morgan fingerprint density at radius 1 is 1.24 bits per heavy atom. The second-order valence-electron chi connectivity index (χ2n) is 8.16. The number of nitrogens with zero attached hydrogens (tertiary/aromatic N) is 2. The maximum absolute atomic E-state index is 12.8. The van der Waals surface area contributed by atoms with Crippen LogP contribution in [0.15, 0.2) is 42.5 Å². The van der Waals surface area contributed by atoms with E-state index in [4.69, 9.17) is 14.5 Å². The normalized spacial score (nSPS) is 16.1. The number of nitro groups is 1. The van der Waals surface area contributed by atoms with Crippen LogP contribution in [0.3, 0.4) is 0 Å². The number of ether oxygens (including phenoxy) is 1. The molecule has 9 nitrogen and oxygen atoms in total. The van der Waals surface area contributed by atoms with Gasteiger partial charge < -0.3 is 14.5 Å². The minimum Gasteiger partial charge on any atom is -0.466 e. The van der Waals surface area contributed by atoms with Crippen molar-refractivity contribution in [2.45, 2.75) is 26.2 Å². The Hall–Kier alpha value is -3.72. The Labute approximate surface area is 197 Å². The number of piperidine rings is 1.